The first-order valence-electron chi connectivity index (χ1n) is 9.30. The van der Waals surface area contributed by atoms with Crippen molar-refractivity contribution in [3.05, 3.63) is 65.5 Å². The predicted molar refractivity (Wildman–Crippen MR) is 111 cm³/mol. The maximum Gasteiger partial charge on any atom is 0.257 e. The van der Waals surface area contributed by atoms with Crippen molar-refractivity contribution in [3.63, 3.8) is 0 Å². The van der Waals surface area contributed by atoms with Gasteiger partial charge >= 0.3 is 0 Å². The monoisotopic (exact) mass is 399 g/mol. The highest BCUT2D eigenvalue weighted by atomic mass is 32.1. The highest BCUT2D eigenvalue weighted by Gasteiger charge is 2.17. The average molecular weight is 399 g/mol. The lowest BCUT2D eigenvalue weighted by atomic mass is 9.95. The predicted octanol–water partition coefficient (Wildman–Crippen LogP) is 4.02. The third-order valence-corrected chi connectivity index (χ3v) is 4.86. The molecule has 5 nitrogen and oxygen atoms in total. The van der Waals surface area contributed by atoms with Gasteiger partial charge in [-0.3, -0.25) is 14.9 Å². The molecule has 0 bridgehead atoms. The van der Waals surface area contributed by atoms with E-state index in [1.165, 1.54) is 30.7 Å². The molecule has 0 saturated heterocycles. The van der Waals surface area contributed by atoms with Crippen molar-refractivity contribution in [2.24, 2.45) is 0 Å². The standard InChI is InChI=1S/C21H22FN3O2S/c22-16-11-9-14(10-12-16)19(26)25-21(28)24-18-8-4-5-15(13-18)20(27)23-17-6-2-1-3-7-17/h4-5,8-13,17H,1-3,6-7H2,(H,23,27)(H2,24,25,26,28). The number of thiocarbonyl (C=S) groups is 1. The summed E-state index contributed by atoms with van der Waals surface area (Å²) >= 11 is 5.16. The number of hydrogen-bond acceptors (Lipinski definition) is 3. The zero-order valence-corrected chi connectivity index (χ0v) is 16.2. The van der Waals surface area contributed by atoms with Crippen LogP contribution in [0.15, 0.2) is 48.5 Å². The third-order valence-electron chi connectivity index (χ3n) is 4.66. The lowest BCUT2D eigenvalue weighted by molar-refractivity contribution is 0.0926. The summed E-state index contributed by atoms with van der Waals surface area (Å²) in [7, 11) is 0. The molecule has 146 valence electrons. The molecule has 1 saturated carbocycles. The van der Waals surface area contributed by atoms with E-state index in [1.807, 2.05) is 0 Å². The van der Waals surface area contributed by atoms with E-state index in [1.54, 1.807) is 24.3 Å². The van der Waals surface area contributed by atoms with Crippen molar-refractivity contribution in [2.45, 2.75) is 38.1 Å². The quantitative estimate of drug-likeness (QED) is 0.680. The minimum atomic E-state index is -0.441. The van der Waals surface area contributed by atoms with Gasteiger partial charge in [-0.25, -0.2) is 4.39 Å². The molecule has 2 aromatic carbocycles. The summed E-state index contributed by atoms with van der Waals surface area (Å²) < 4.78 is 12.9. The summed E-state index contributed by atoms with van der Waals surface area (Å²) in [5.74, 6) is -0.971. The first kappa shape index (κ1) is 19.9. The number of carbonyl (C=O) groups is 2. The third kappa shape index (κ3) is 5.60. The van der Waals surface area contributed by atoms with Crippen LogP contribution in [0.2, 0.25) is 0 Å². The fourth-order valence-electron chi connectivity index (χ4n) is 3.19. The Morgan fingerprint density at radius 2 is 1.64 bits per heavy atom. The molecular weight excluding hydrogens is 377 g/mol. The van der Waals surface area contributed by atoms with E-state index in [0.29, 0.717) is 16.8 Å². The lowest BCUT2D eigenvalue weighted by Crippen LogP contribution is -2.36. The number of benzene rings is 2. The van der Waals surface area contributed by atoms with Crippen molar-refractivity contribution in [1.29, 1.82) is 0 Å². The molecule has 2 aromatic rings. The van der Waals surface area contributed by atoms with Crippen LogP contribution in [0.5, 0.6) is 0 Å². The number of anilines is 1. The van der Waals surface area contributed by atoms with Crippen LogP contribution in [-0.4, -0.2) is 23.0 Å². The van der Waals surface area contributed by atoms with E-state index >= 15 is 0 Å². The second-order valence-electron chi connectivity index (χ2n) is 6.80. The van der Waals surface area contributed by atoms with Gasteiger partial charge in [0.15, 0.2) is 5.11 Å². The van der Waals surface area contributed by atoms with Gasteiger partial charge in [0.05, 0.1) is 0 Å². The minimum absolute atomic E-state index is 0.0964. The molecule has 0 aromatic heterocycles. The Labute approximate surface area is 168 Å². The normalized spacial score (nSPS) is 14.2. The van der Waals surface area contributed by atoms with Crippen LogP contribution < -0.4 is 16.0 Å². The van der Waals surface area contributed by atoms with Crippen molar-refractivity contribution in [2.75, 3.05) is 5.32 Å². The maximum absolute atomic E-state index is 12.9. The smallest absolute Gasteiger partial charge is 0.257 e. The Morgan fingerprint density at radius 1 is 0.929 bits per heavy atom. The molecule has 1 fully saturated rings. The van der Waals surface area contributed by atoms with E-state index in [-0.39, 0.29) is 17.1 Å². The maximum atomic E-state index is 12.9. The van der Waals surface area contributed by atoms with E-state index < -0.39 is 11.7 Å². The molecule has 2 amide bonds. The van der Waals surface area contributed by atoms with Gasteiger partial charge in [0.1, 0.15) is 5.82 Å². The molecule has 0 atom stereocenters. The molecule has 0 radical (unpaired) electrons. The van der Waals surface area contributed by atoms with E-state index in [4.69, 9.17) is 12.2 Å². The Hall–Kier alpha value is -2.80. The number of amides is 2. The van der Waals surface area contributed by atoms with Crippen LogP contribution in [0.25, 0.3) is 0 Å². The van der Waals surface area contributed by atoms with Crippen molar-refractivity contribution in [3.8, 4) is 0 Å². The molecule has 1 aliphatic rings. The fourth-order valence-corrected chi connectivity index (χ4v) is 3.40. The van der Waals surface area contributed by atoms with Gasteiger partial charge in [0.25, 0.3) is 11.8 Å². The van der Waals surface area contributed by atoms with Crippen LogP contribution in [-0.2, 0) is 0 Å². The Balaban J connectivity index is 1.57. The van der Waals surface area contributed by atoms with Gasteiger partial charge in [-0.1, -0.05) is 25.3 Å². The number of rotatable bonds is 4. The van der Waals surface area contributed by atoms with Crippen LogP contribution in [0.4, 0.5) is 10.1 Å². The molecule has 3 N–H and O–H groups in total. The van der Waals surface area contributed by atoms with Crippen LogP contribution in [0.3, 0.4) is 0 Å². The SMILES string of the molecule is O=C(NC(=S)Nc1cccc(C(=O)NC2CCCCC2)c1)c1ccc(F)cc1. The van der Waals surface area contributed by atoms with Gasteiger partial charge in [0, 0.05) is 22.9 Å². The van der Waals surface area contributed by atoms with E-state index in [9.17, 15) is 14.0 Å². The summed E-state index contributed by atoms with van der Waals surface area (Å²) in [5.41, 5.74) is 1.43. The molecule has 3 rings (SSSR count). The molecule has 0 spiro atoms. The van der Waals surface area contributed by atoms with Crippen molar-refractivity contribution in [1.82, 2.24) is 10.6 Å². The summed E-state index contributed by atoms with van der Waals surface area (Å²) in [6.45, 7) is 0. The second kappa shape index (κ2) is 9.41. The Bertz CT molecular complexity index is 864. The molecular formula is C21H22FN3O2S. The molecule has 0 unspecified atom stereocenters. The lowest BCUT2D eigenvalue weighted by Gasteiger charge is -2.22. The van der Waals surface area contributed by atoms with Gasteiger partial charge in [-0.05, 0) is 67.5 Å². The first-order chi connectivity index (χ1) is 13.5. The molecule has 0 heterocycles. The first-order valence-corrected chi connectivity index (χ1v) is 9.71. The van der Waals surface area contributed by atoms with Gasteiger partial charge in [-0.2, -0.15) is 0 Å². The molecule has 28 heavy (non-hydrogen) atoms. The van der Waals surface area contributed by atoms with Gasteiger partial charge in [0.2, 0.25) is 0 Å². The molecule has 1 aliphatic carbocycles. The minimum Gasteiger partial charge on any atom is -0.349 e. The van der Waals surface area contributed by atoms with Gasteiger partial charge < -0.3 is 10.6 Å². The molecule has 0 aliphatic heterocycles. The largest absolute Gasteiger partial charge is 0.349 e. The molecule has 7 heteroatoms. The summed E-state index contributed by atoms with van der Waals surface area (Å²) in [5, 5.41) is 8.61. The van der Waals surface area contributed by atoms with Crippen LogP contribution in [0, 0.1) is 5.82 Å². The van der Waals surface area contributed by atoms with Gasteiger partial charge in [-0.15, -0.1) is 0 Å². The van der Waals surface area contributed by atoms with Crippen LogP contribution >= 0.6 is 12.2 Å². The summed E-state index contributed by atoms with van der Waals surface area (Å²) in [4.78, 5) is 24.6. The number of hydrogen-bond donors (Lipinski definition) is 3. The zero-order valence-electron chi connectivity index (χ0n) is 15.3. The Morgan fingerprint density at radius 3 is 2.36 bits per heavy atom. The van der Waals surface area contributed by atoms with Crippen molar-refractivity contribution < 1.29 is 14.0 Å². The number of nitrogens with one attached hydrogen (secondary N) is 3. The van der Waals surface area contributed by atoms with Crippen LogP contribution in [0.1, 0.15) is 52.8 Å². The highest BCUT2D eigenvalue weighted by molar-refractivity contribution is 7.80. The summed E-state index contributed by atoms with van der Waals surface area (Å²) in [6.07, 6.45) is 5.56. The second-order valence-corrected chi connectivity index (χ2v) is 7.21. The summed E-state index contributed by atoms with van der Waals surface area (Å²) in [6, 6.07) is 12.3. The zero-order chi connectivity index (χ0) is 19.9. The average Bonchev–Trinajstić information content (AvgIpc) is 2.69. The van der Waals surface area contributed by atoms with E-state index in [2.05, 4.69) is 16.0 Å². The topological polar surface area (TPSA) is 70.2 Å². The Kier molecular flexibility index (Phi) is 6.71. The number of carbonyl (C=O) groups excluding carboxylic acids is 2. The fraction of sp³-hybridized carbons (Fsp3) is 0.286. The number of halogens is 1. The van der Waals surface area contributed by atoms with Crippen molar-refractivity contribution >= 4 is 34.8 Å². The highest BCUT2D eigenvalue weighted by Crippen LogP contribution is 2.18. The van der Waals surface area contributed by atoms with E-state index in [0.717, 1.165) is 25.7 Å².